The Morgan fingerprint density at radius 3 is 2.21 bits per heavy atom. The Hall–Kier alpha value is -1.59. The number of methoxy groups -OCH3 is 4. The lowest BCUT2D eigenvalue weighted by molar-refractivity contribution is -0.0524. The minimum Gasteiger partial charge on any atom is -0.493 e. The first-order valence-electron chi connectivity index (χ1n) is 5.93. The lowest BCUT2D eigenvalue weighted by atomic mass is 10.2. The average molecular weight is 267 g/mol. The molecule has 0 aliphatic rings. The maximum atomic E-state index is 5.25. The predicted molar refractivity (Wildman–Crippen MR) is 74.2 cm³/mol. The van der Waals surface area contributed by atoms with Gasteiger partial charge in [-0.15, -0.1) is 0 Å². The molecule has 0 aromatic heterocycles. The third-order valence-corrected chi connectivity index (χ3v) is 2.73. The van der Waals surface area contributed by atoms with Crippen molar-refractivity contribution in [3.8, 4) is 11.5 Å². The summed E-state index contributed by atoms with van der Waals surface area (Å²) in [4.78, 5) is 4.44. The normalized spacial score (nSPS) is 11.8. The van der Waals surface area contributed by atoms with E-state index in [1.165, 1.54) is 0 Å². The van der Waals surface area contributed by atoms with Crippen molar-refractivity contribution in [1.82, 2.24) is 0 Å². The molecule has 5 heteroatoms. The summed E-state index contributed by atoms with van der Waals surface area (Å²) in [7, 11) is 6.40. The van der Waals surface area contributed by atoms with Crippen molar-refractivity contribution in [1.29, 1.82) is 0 Å². The monoisotopic (exact) mass is 267 g/mol. The van der Waals surface area contributed by atoms with Crippen LogP contribution < -0.4 is 9.47 Å². The van der Waals surface area contributed by atoms with Crippen LogP contribution in [0.1, 0.15) is 12.5 Å². The first-order chi connectivity index (χ1) is 9.15. The molecule has 0 N–H and O–H groups in total. The summed E-state index contributed by atoms with van der Waals surface area (Å²) >= 11 is 0. The molecule has 1 aromatic rings. The van der Waals surface area contributed by atoms with Gasteiger partial charge < -0.3 is 18.9 Å². The number of aliphatic imine (C=N–C) groups is 1. The van der Waals surface area contributed by atoms with Crippen molar-refractivity contribution in [3.63, 3.8) is 0 Å². The van der Waals surface area contributed by atoms with E-state index in [4.69, 9.17) is 18.9 Å². The second kappa shape index (κ2) is 7.76. The fourth-order valence-corrected chi connectivity index (χ4v) is 1.71. The SMILES string of the molecule is COc1ccc(C/N=C(\C)C(OC)OC)cc1OC. The van der Waals surface area contributed by atoms with Crippen LogP contribution in [-0.4, -0.2) is 40.4 Å². The number of hydrogen-bond donors (Lipinski definition) is 0. The van der Waals surface area contributed by atoms with Gasteiger partial charge in [-0.05, 0) is 24.6 Å². The number of nitrogens with zero attached hydrogens (tertiary/aromatic N) is 1. The van der Waals surface area contributed by atoms with Crippen molar-refractivity contribution in [2.75, 3.05) is 28.4 Å². The van der Waals surface area contributed by atoms with E-state index >= 15 is 0 Å². The molecule has 0 aliphatic heterocycles. The Kier molecular flexibility index (Phi) is 6.32. The maximum absolute atomic E-state index is 5.25. The van der Waals surface area contributed by atoms with Gasteiger partial charge in [0.2, 0.25) is 0 Å². The van der Waals surface area contributed by atoms with Gasteiger partial charge in [-0.3, -0.25) is 4.99 Å². The fourth-order valence-electron chi connectivity index (χ4n) is 1.71. The van der Waals surface area contributed by atoms with Crippen molar-refractivity contribution in [2.24, 2.45) is 4.99 Å². The van der Waals surface area contributed by atoms with Crippen LogP contribution in [0.2, 0.25) is 0 Å². The zero-order chi connectivity index (χ0) is 14.3. The molecule has 0 heterocycles. The Bertz CT molecular complexity index is 427. The summed E-state index contributed by atoms with van der Waals surface area (Å²) in [5, 5.41) is 0. The van der Waals surface area contributed by atoms with Gasteiger partial charge in [0, 0.05) is 14.2 Å². The first-order valence-corrected chi connectivity index (χ1v) is 5.93. The largest absolute Gasteiger partial charge is 0.493 e. The molecule has 5 nitrogen and oxygen atoms in total. The summed E-state index contributed by atoms with van der Waals surface area (Å²) in [5.74, 6) is 1.40. The molecule has 1 aromatic carbocycles. The molecular weight excluding hydrogens is 246 g/mol. The number of rotatable bonds is 7. The van der Waals surface area contributed by atoms with Crippen LogP contribution in [0.5, 0.6) is 11.5 Å². The van der Waals surface area contributed by atoms with E-state index in [1.807, 2.05) is 25.1 Å². The van der Waals surface area contributed by atoms with Gasteiger partial charge in [-0.2, -0.15) is 0 Å². The van der Waals surface area contributed by atoms with E-state index in [0.717, 1.165) is 11.3 Å². The highest BCUT2D eigenvalue weighted by molar-refractivity contribution is 5.85. The highest BCUT2D eigenvalue weighted by Gasteiger charge is 2.09. The summed E-state index contributed by atoms with van der Waals surface area (Å²) in [5.41, 5.74) is 1.82. The van der Waals surface area contributed by atoms with Crippen molar-refractivity contribution in [3.05, 3.63) is 23.8 Å². The molecular formula is C14H21NO4. The second-order valence-electron chi connectivity index (χ2n) is 3.95. The van der Waals surface area contributed by atoms with Crippen LogP contribution in [0.25, 0.3) is 0 Å². The van der Waals surface area contributed by atoms with Crippen molar-refractivity contribution < 1.29 is 18.9 Å². The topological polar surface area (TPSA) is 49.3 Å². The average Bonchev–Trinajstić information content (AvgIpc) is 2.45. The third-order valence-electron chi connectivity index (χ3n) is 2.73. The summed E-state index contributed by atoms with van der Waals surface area (Å²) in [6.45, 7) is 2.41. The molecule has 19 heavy (non-hydrogen) atoms. The van der Waals surface area contributed by atoms with E-state index in [9.17, 15) is 0 Å². The zero-order valence-corrected chi connectivity index (χ0v) is 12.1. The molecule has 0 unspecified atom stereocenters. The standard InChI is InChI=1S/C14H21NO4/c1-10(14(18-4)19-5)15-9-11-6-7-12(16-2)13(8-11)17-3/h6-8,14H,9H2,1-5H3/b15-10+. The van der Waals surface area contributed by atoms with Gasteiger partial charge in [0.1, 0.15) is 0 Å². The molecule has 0 amide bonds. The molecule has 0 aliphatic carbocycles. The van der Waals surface area contributed by atoms with E-state index < -0.39 is 6.29 Å². The second-order valence-corrected chi connectivity index (χ2v) is 3.95. The van der Waals surface area contributed by atoms with Gasteiger partial charge in [-0.1, -0.05) is 6.07 Å². The minimum absolute atomic E-state index is 0.403. The van der Waals surface area contributed by atoms with Gasteiger partial charge in [0.05, 0.1) is 26.5 Å². The molecule has 0 atom stereocenters. The Balaban J connectivity index is 2.80. The molecule has 0 fully saturated rings. The number of ether oxygens (including phenoxy) is 4. The van der Waals surface area contributed by atoms with Gasteiger partial charge in [-0.25, -0.2) is 0 Å². The highest BCUT2D eigenvalue weighted by atomic mass is 16.7. The van der Waals surface area contributed by atoms with Crippen molar-refractivity contribution in [2.45, 2.75) is 19.8 Å². The number of benzene rings is 1. The summed E-state index contributed by atoms with van der Waals surface area (Å²) < 4.78 is 20.7. The van der Waals surface area contributed by atoms with E-state index in [-0.39, 0.29) is 0 Å². The molecule has 0 saturated carbocycles. The van der Waals surface area contributed by atoms with Crippen LogP contribution in [0.3, 0.4) is 0 Å². The highest BCUT2D eigenvalue weighted by Crippen LogP contribution is 2.27. The quantitative estimate of drug-likeness (QED) is 0.562. The molecule has 1 rings (SSSR count). The number of hydrogen-bond acceptors (Lipinski definition) is 5. The predicted octanol–water partition coefficient (Wildman–Crippen LogP) is 2.28. The molecule has 0 spiro atoms. The van der Waals surface area contributed by atoms with Crippen molar-refractivity contribution >= 4 is 5.71 Å². The fraction of sp³-hybridized carbons (Fsp3) is 0.500. The van der Waals surface area contributed by atoms with E-state index in [2.05, 4.69) is 4.99 Å². The molecule has 106 valence electrons. The van der Waals surface area contributed by atoms with E-state index in [1.54, 1.807) is 28.4 Å². The van der Waals surface area contributed by atoms with Crippen LogP contribution >= 0.6 is 0 Å². The zero-order valence-electron chi connectivity index (χ0n) is 12.1. The van der Waals surface area contributed by atoms with Gasteiger partial charge >= 0.3 is 0 Å². The van der Waals surface area contributed by atoms with Crippen LogP contribution in [-0.2, 0) is 16.0 Å². The lowest BCUT2D eigenvalue weighted by Crippen LogP contribution is -2.22. The Labute approximate surface area is 114 Å². The van der Waals surface area contributed by atoms with E-state index in [0.29, 0.717) is 18.0 Å². The maximum Gasteiger partial charge on any atom is 0.195 e. The Morgan fingerprint density at radius 1 is 1.05 bits per heavy atom. The lowest BCUT2D eigenvalue weighted by Gasteiger charge is -2.13. The van der Waals surface area contributed by atoms with Crippen LogP contribution in [0.15, 0.2) is 23.2 Å². The first kappa shape index (κ1) is 15.5. The third kappa shape index (κ3) is 4.22. The van der Waals surface area contributed by atoms with Crippen LogP contribution in [0, 0.1) is 0 Å². The van der Waals surface area contributed by atoms with Gasteiger partial charge in [0.25, 0.3) is 0 Å². The minimum atomic E-state index is -0.403. The van der Waals surface area contributed by atoms with Crippen LogP contribution in [0.4, 0.5) is 0 Å². The summed E-state index contributed by atoms with van der Waals surface area (Å²) in [6.07, 6.45) is -0.403. The summed E-state index contributed by atoms with van der Waals surface area (Å²) in [6, 6.07) is 5.72. The molecule has 0 saturated heterocycles. The Morgan fingerprint density at radius 2 is 1.68 bits per heavy atom. The molecule has 0 radical (unpaired) electrons. The smallest absolute Gasteiger partial charge is 0.195 e. The molecule has 0 bridgehead atoms. The van der Waals surface area contributed by atoms with Gasteiger partial charge in [0.15, 0.2) is 17.8 Å².